The summed E-state index contributed by atoms with van der Waals surface area (Å²) in [5.41, 5.74) is 0.609. The smallest absolute Gasteiger partial charge is 0.0676 e. The van der Waals surface area contributed by atoms with Crippen LogP contribution in [0.5, 0.6) is 0 Å². The molecule has 2 rings (SSSR count). The van der Waals surface area contributed by atoms with Crippen molar-refractivity contribution in [1.29, 1.82) is 0 Å². The van der Waals surface area contributed by atoms with Crippen LogP contribution in [0.15, 0.2) is 12.2 Å². The number of aliphatic hydroxyl groups is 2. The van der Waals surface area contributed by atoms with Crippen LogP contribution < -0.4 is 0 Å². The van der Waals surface area contributed by atoms with Gasteiger partial charge in [-0.3, -0.25) is 0 Å². The molecule has 2 nitrogen and oxygen atoms in total. The predicted octanol–water partition coefficient (Wildman–Crippen LogP) is 2.89. The van der Waals surface area contributed by atoms with Gasteiger partial charge in [0.1, 0.15) is 0 Å². The van der Waals surface area contributed by atoms with Crippen molar-refractivity contribution >= 4 is 0 Å². The fourth-order valence-corrected chi connectivity index (χ4v) is 3.71. The van der Waals surface area contributed by atoms with E-state index in [1.54, 1.807) is 0 Å². The molecule has 2 heteroatoms. The normalized spacial score (nSPS) is 47.1. The predicted molar refractivity (Wildman–Crippen MR) is 69.6 cm³/mol. The fraction of sp³-hybridized carbons (Fsp3) is 0.867. The third-order valence-electron chi connectivity index (χ3n) is 5.52. The van der Waals surface area contributed by atoms with E-state index in [4.69, 9.17) is 0 Å². The monoisotopic (exact) mass is 238 g/mol. The third-order valence-corrected chi connectivity index (χ3v) is 5.52. The van der Waals surface area contributed by atoms with E-state index in [-0.39, 0.29) is 23.4 Å². The second-order valence-electron chi connectivity index (χ2n) is 6.73. The molecule has 0 aliphatic heterocycles. The van der Waals surface area contributed by atoms with Crippen LogP contribution in [0.1, 0.15) is 52.9 Å². The van der Waals surface area contributed by atoms with Gasteiger partial charge in [-0.15, -0.1) is 0 Å². The van der Waals surface area contributed by atoms with Crippen LogP contribution in [0, 0.1) is 17.3 Å². The van der Waals surface area contributed by atoms with E-state index in [1.165, 1.54) is 5.57 Å². The molecule has 0 saturated heterocycles. The van der Waals surface area contributed by atoms with Gasteiger partial charge in [-0.05, 0) is 43.9 Å². The number of allylic oxidation sites excluding steroid dienone is 1. The van der Waals surface area contributed by atoms with E-state index in [2.05, 4.69) is 27.4 Å². The first-order chi connectivity index (χ1) is 7.79. The summed E-state index contributed by atoms with van der Waals surface area (Å²) in [6.07, 6.45) is 4.02. The Morgan fingerprint density at radius 3 is 2.59 bits per heavy atom. The second-order valence-corrected chi connectivity index (χ2v) is 6.73. The maximum Gasteiger partial charge on any atom is 0.0676 e. The number of aliphatic hydroxyl groups excluding tert-OH is 1. The zero-order valence-electron chi connectivity index (χ0n) is 11.4. The van der Waals surface area contributed by atoms with Gasteiger partial charge in [-0.2, -0.15) is 0 Å². The highest BCUT2D eigenvalue weighted by molar-refractivity contribution is 5.17. The molecule has 2 saturated carbocycles. The van der Waals surface area contributed by atoms with Gasteiger partial charge in [0.15, 0.2) is 0 Å². The average molecular weight is 238 g/mol. The van der Waals surface area contributed by atoms with Crippen molar-refractivity contribution in [2.45, 2.75) is 64.6 Å². The van der Waals surface area contributed by atoms with Crippen molar-refractivity contribution in [3.05, 3.63) is 12.2 Å². The number of fused-ring (bicyclic) bond motifs is 1. The molecule has 0 aromatic carbocycles. The van der Waals surface area contributed by atoms with Gasteiger partial charge in [0, 0.05) is 5.41 Å². The minimum absolute atomic E-state index is 0.0591. The molecular weight excluding hydrogens is 212 g/mol. The summed E-state index contributed by atoms with van der Waals surface area (Å²) in [6, 6.07) is 0. The first-order valence-corrected chi connectivity index (χ1v) is 6.88. The summed E-state index contributed by atoms with van der Waals surface area (Å²) in [5.74, 6) is 0.561. The van der Waals surface area contributed by atoms with Crippen LogP contribution >= 0.6 is 0 Å². The average Bonchev–Trinajstić information content (AvgIpc) is 2.27. The van der Waals surface area contributed by atoms with E-state index in [0.29, 0.717) is 0 Å². The lowest BCUT2D eigenvalue weighted by molar-refractivity contribution is -0.127. The highest BCUT2D eigenvalue weighted by Crippen LogP contribution is 2.55. The van der Waals surface area contributed by atoms with Crippen LogP contribution in [0.4, 0.5) is 0 Å². The zero-order valence-corrected chi connectivity index (χ0v) is 11.4. The molecule has 98 valence electrons. The Bertz CT molecular complexity index is 323. The Balaban J connectivity index is 2.26. The maximum atomic E-state index is 10.7. The summed E-state index contributed by atoms with van der Waals surface area (Å²) >= 11 is 0. The Morgan fingerprint density at radius 1 is 1.35 bits per heavy atom. The summed E-state index contributed by atoms with van der Waals surface area (Å²) in [7, 11) is 0. The van der Waals surface area contributed by atoms with Crippen molar-refractivity contribution < 1.29 is 10.2 Å². The van der Waals surface area contributed by atoms with Gasteiger partial charge >= 0.3 is 0 Å². The van der Waals surface area contributed by atoms with Gasteiger partial charge in [0.05, 0.1) is 11.7 Å². The molecule has 2 aliphatic carbocycles. The Kier molecular flexibility index (Phi) is 3.16. The summed E-state index contributed by atoms with van der Waals surface area (Å²) in [4.78, 5) is 0. The maximum absolute atomic E-state index is 10.7. The molecule has 17 heavy (non-hydrogen) atoms. The van der Waals surface area contributed by atoms with Gasteiger partial charge in [0.25, 0.3) is 0 Å². The summed E-state index contributed by atoms with van der Waals surface area (Å²) < 4.78 is 0. The second kappa shape index (κ2) is 4.10. The van der Waals surface area contributed by atoms with Crippen LogP contribution in [0.25, 0.3) is 0 Å². The van der Waals surface area contributed by atoms with Crippen LogP contribution in [0.2, 0.25) is 0 Å². The molecule has 2 fully saturated rings. The minimum atomic E-state index is -0.565. The number of rotatable bonds is 1. The van der Waals surface area contributed by atoms with E-state index in [1.807, 2.05) is 0 Å². The van der Waals surface area contributed by atoms with Gasteiger partial charge in [-0.25, -0.2) is 0 Å². The summed E-state index contributed by atoms with van der Waals surface area (Å²) in [6.45, 7) is 10.5. The van der Waals surface area contributed by atoms with Crippen molar-refractivity contribution in [3.63, 3.8) is 0 Å². The topological polar surface area (TPSA) is 40.5 Å². The lowest BCUT2D eigenvalue weighted by atomic mass is 9.53. The first kappa shape index (κ1) is 13.1. The molecule has 0 spiro atoms. The molecule has 2 aliphatic rings. The van der Waals surface area contributed by atoms with Crippen molar-refractivity contribution in [2.24, 2.45) is 17.3 Å². The number of hydrogen-bond donors (Lipinski definition) is 2. The Hall–Kier alpha value is -0.340. The first-order valence-electron chi connectivity index (χ1n) is 6.88. The van der Waals surface area contributed by atoms with Crippen LogP contribution in [0.3, 0.4) is 0 Å². The molecule has 4 unspecified atom stereocenters. The lowest BCUT2D eigenvalue weighted by Gasteiger charge is -2.54. The standard InChI is InChI=1S/C15H26O2/c1-10(2)15(17)8-7-14(4)12(9-15)11(3)5-6-13(14)16/h10,12-13,16-17H,3,5-9H2,1-2,4H3. The highest BCUT2D eigenvalue weighted by atomic mass is 16.3. The Labute approximate surface area is 105 Å². The molecule has 0 bridgehead atoms. The molecule has 0 radical (unpaired) electrons. The van der Waals surface area contributed by atoms with Crippen molar-refractivity contribution in [2.75, 3.05) is 0 Å². The van der Waals surface area contributed by atoms with Gasteiger partial charge in [-0.1, -0.05) is 32.9 Å². The van der Waals surface area contributed by atoms with E-state index < -0.39 is 5.60 Å². The molecule has 0 aromatic heterocycles. The van der Waals surface area contributed by atoms with Gasteiger partial charge < -0.3 is 10.2 Å². The zero-order chi connectivity index (χ0) is 12.8. The largest absolute Gasteiger partial charge is 0.393 e. The SMILES string of the molecule is C=C1CCC(O)C2(C)CCC(O)(C(C)C)CC12. The van der Waals surface area contributed by atoms with E-state index in [0.717, 1.165) is 32.1 Å². The fourth-order valence-electron chi connectivity index (χ4n) is 3.71. The third kappa shape index (κ3) is 1.96. The quantitative estimate of drug-likeness (QED) is 0.690. The Morgan fingerprint density at radius 2 is 2.00 bits per heavy atom. The van der Waals surface area contributed by atoms with Crippen molar-refractivity contribution in [3.8, 4) is 0 Å². The molecule has 0 aromatic rings. The molecular formula is C15H26O2. The molecule has 2 N–H and O–H groups in total. The molecule has 4 atom stereocenters. The number of hydrogen-bond acceptors (Lipinski definition) is 2. The van der Waals surface area contributed by atoms with Crippen LogP contribution in [-0.4, -0.2) is 21.9 Å². The highest BCUT2D eigenvalue weighted by Gasteiger charge is 2.52. The molecule has 0 heterocycles. The van der Waals surface area contributed by atoms with Crippen molar-refractivity contribution in [1.82, 2.24) is 0 Å². The van der Waals surface area contributed by atoms with Crippen LogP contribution in [-0.2, 0) is 0 Å². The minimum Gasteiger partial charge on any atom is -0.393 e. The van der Waals surface area contributed by atoms with E-state index in [9.17, 15) is 10.2 Å². The van der Waals surface area contributed by atoms with E-state index >= 15 is 0 Å². The van der Waals surface area contributed by atoms with Gasteiger partial charge in [0.2, 0.25) is 0 Å². The molecule has 0 amide bonds. The lowest BCUT2D eigenvalue weighted by Crippen LogP contribution is -2.53. The summed E-state index contributed by atoms with van der Waals surface area (Å²) in [5, 5.41) is 21.0.